The van der Waals surface area contributed by atoms with Crippen molar-refractivity contribution < 1.29 is 19.8 Å². The van der Waals surface area contributed by atoms with Crippen LogP contribution in [0.25, 0.3) is 16.8 Å². The number of carboxylic acid groups (broad SMARTS) is 2. The topological polar surface area (TPSA) is 133 Å². The first-order chi connectivity index (χ1) is 9.54. The lowest BCUT2D eigenvalue weighted by molar-refractivity contribution is -0.134. The molecule has 3 aromatic rings. The summed E-state index contributed by atoms with van der Waals surface area (Å²) < 4.78 is 1.55. The summed E-state index contributed by atoms with van der Waals surface area (Å²) in [5, 5.41) is 22.9. The van der Waals surface area contributed by atoms with Crippen LogP contribution in [0.5, 0.6) is 0 Å². The molecule has 0 amide bonds. The molecule has 0 atom stereocenters. The molecular weight excluding hydrogens is 266 g/mol. The Hall–Kier alpha value is -3.10. The number of hydrogen-bond donors (Lipinski definition) is 4. The van der Waals surface area contributed by atoms with E-state index in [1.165, 1.54) is 12.1 Å². The van der Waals surface area contributed by atoms with Crippen LogP contribution in [-0.4, -0.2) is 48.3 Å². The fourth-order valence-corrected chi connectivity index (χ4v) is 1.86. The number of benzene rings is 1. The quantitative estimate of drug-likeness (QED) is 0.541. The molecule has 2 aromatic heterocycles. The van der Waals surface area contributed by atoms with Crippen molar-refractivity contribution in [2.24, 2.45) is 0 Å². The van der Waals surface area contributed by atoms with Gasteiger partial charge in [-0.2, -0.15) is 4.98 Å². The highest BCUT2D eigenvalue weighted by Gasteiger charge is 2.12. The van der Waals surface area contributed by atoms with Crippen molar-refractivity contribution >= 4 is 34.7 Å². The zero-order chi connectivity index (χ0) is 14.3. The maximum absolute atomic E-state index is 10.9. The molecule has 0 unspecified atom stereocenters. The number of hydrogen-bond acceptors (Lipinski definition) is 5. The van der Waals surface area contributed by atoms with Gasteiger partial charge in [-0.25, -0.2) is 14.3 Å². The van der Waals surface area contributed by atoms with Gasteiger partial charge in [0.2, 0.25) is 5.95 Å². The van der Waals surface area contributed by atoms with Crippen molar-refractivity contribution in [2.45, 2.75) is 0 Å². The van der Waals surface area contributed by atoms with Crippen LogP contribution in [0, 0.1) is 0 Å². The standard InChI is InChI=1S/C11H9N5O4/c17-8(18)4-12-10-14-11-13-6-3-5(9(19)20)1-2-7(6)16(11)15-10/h1-3H,4H2,(H,17,18)(H,19,20)(H2,12,13,14,15). The Morgan fingerprint density at radius 1 is 1.30 bits per heavy atom. The largest absolute Gasteiger partial charge is 0.480 e. The van der Waals surface area contributed by atoms with Gasteiger partial charge in [0, 0.05) is 0 Å². The van der Waals surface area contributed by atoms with Gasteiger partial charge in [0.05, 0.1) is 16.6 Å². The zero-order valence-electron chi connectivity index (χ0n) is 9.99. The molecule has 20 heavy (non-hydrogen) atoms. The van der Waals surface area contributed by atoms with Gasteiger partial charge >= 0.3 is 11.9 Å². The third-order valence-electron chi connectivity index (χ3n) is 2.72. The van der Waals surface area contributed by atoms with Gasteiger partial charge in [0.1, 0.15) is 6.54 Å². The van der Waals surface area contributed by atoms with Crippen LogP contribution in [0.4, 0.5) is 5.95 Å². The molecule has 102 valence electrons. The predicted octanol–water partition coefficient (Wildman–Crippen LogP) is 0.405. The maximum atomic E-state index is 10.9. The van der Waals surface area contributed by atoms with Crippen LogP contribution in [0.2, 0.25) is 0 Å². The van der Waals surface area contributed by atoms with Crippen LogP contribution in [0.3, 0.4) is 0 Å². The Labute approximate surface area is 110 Å². The molecule has 0 aliphatic heterocycles. The molecule has 0 radical (unpaired) electrons. The number of imidazole rings is 1. The molecule has 3 rings (SSSR count). The van der Waals surface area contributed by atoms with E-state index in [1.54, 1.807) is 10.6 Å². The minimum atomic E-state index is -1.03. The Balaban J connectivity index is 2.04. The summed E-state index contributed by atoms with van der Waals surface area (Å²) in [7, 11) is 0. The normalized spacial score (nSPS) is 11.0. The lowest BCUT2D eigenvalue weighted by atomic mass is 10.2. The minimum Gasteiger partial charge on any atom is -0.480 e. The van der Waals surface area contributed by atoms with Gasteiger partial charge in [0.25, 0.3) is 5.78 Å². The second kappa shape index (κ2) is 4.23. The molecule has 0 bridgehead atoms. The highest BCUT2D eigenvalue weighted by atomic mass is 16.4. The Kier molecular flexibility index (Phi) is 2.53. The smallest absolute Gasteiger partial charge is 0.335 e. The van der Waals surface area contributed by atoms with Gasteiger partial charge in [-0.3, -0.25) is 9.89 Å². The van der Waals surface area contributed by atoms with E-state index in [0.29, 0.717) is 16.8 Å². The van der Waals surface area contributed by atoms with Crippen molar-refractivity contribution in [1.82, 2.24) is 19.6 Å². The molecule has 2 heterocycles. The van der Waals surface area contributed by atoms with Gasteiger partial charge in [-0.15, -0.1) is 0 Å². The number of H-pyrrole nitrogens is 1. The first kappa shape index (κ1) is 12.0. The molecule has 9 heteroatoms. The van der Waals surface area contributed by atoms with Crippen LogP contribution in [0.15, 0.2) is 18.2 Å². The average Bonchev–Trinajstić information content (AvgIpc) is 2.92. The predicted molar refractivity (Wildman–Crippen MR) is 67.9 cm³/mol. The van der Waals surface area contributed by atoms with E-state index >= 15 is 0 Å². The van der Waals surface area contributed by atoms with Gasteiger partial charge in [-0.05, 0) is 18.2 Å². The van der Waals surface area contributed by atoms with E-state index in [1.807, 2.05) is 0 Å². The average molecular weight is 275 g/mol. The zero-order valence-corrected chi connectivity index (χ0v) is 9.99. The highest BCUT2D eigenvalue weighted by Crippen LogP contribution is 2.18. The summed E-state index contributed by atoms with van der Waals surface area (Å²) in [6, 6.07) is 4.52. The van der Waals surface area contributed by atoms with Crippen molar-refractivity contribution in [3.8, 4) is 0 Å². The Morgan fingerprint density at radius 2 is 2.10 bits per heavy atom. The lowest BCUT2D eigenvalue weighted by Crippen LogP contribution is -2.13. The van der Waals surface area contributed by atoms with E-state index in [4.69, 9.17) is 10.2 Å². The second-order valence-corrected chi connectivity index (χ2v) is 4.08. The molecule has 9 nitrogen and oxygen atoms in total. The number of fused-ring (bicyclic) bond motifs is 3. The molecular formula is C11H9N5O4. The van der Waals surface area contributed by atoms with Crippen LogP contribution >= 0.6 is 0 Å². The number of rotatable bonds is 4. The fourth-order valence-electron chi connectivity index (χ4n) is 1.86. The molecule has 0 aliphatic carbocycles. The van der Waals surface area contributed by atoms with Crippen molar-refractivity contribution in [3.05, 3.63) is 23.8 Å². The summed E-state index contributed by atoms with van der Waals surface area (Å²) in [6.45, 7) is -0.266. The number of nitrogens with one attached hydrogen (secondary N) is 2. The first-order valence-corrected chi connectivity index (χ1v) is 5.62. The van der Waals surface area contributed by atoms with Gasteiger partial charge in [-0.1, -0.05) is 0 Å². The summed E-state index contributed by atoms with van der Waals surface area (Å²) in [5.74, 6) is -1.43. The first-order valence-electron chi connectivity index (χ1n) is 5.62. The number of aromatic amines is 1. The molecule has 4 N–H and O–H groups in total. The van der Waals surface area contributed by atoms with Gasteiger partial charge in [0.15, 0.2) is 0 Å². The van der Waals surface area contributed by atoms with E-state index in [2.05, 4.69) is 20.4 Å². The van der Waals surface area contributed by atoms with Crippen LogP contribution < -0.4 is 5.32 Å². The van der Waals surface area contributed by atoms with E-state index in [9.17, 15) is 9.59 Å². The van der Waals surface area contributed by atoms with E-state index in [-0.39, 0.29) is 18.1 Å². The highest BCUT2D eigenvalue weighted by molar-refractivity contribution is 5.93. The summed E-state index contributed by atoms with van der Waals surface area (Å²) in [4.78, 5) is 29.6. The number of aromatic nitrogens is 4. The molecule has 1 aromatic carbocycles. The van der Waals surface area contributed by atoms with Crippen LogP contribution in [0.1, 0.15) is 10.4 Å². The number of carbonyl (C=O) groups is 2. The monoisotopic (exact) mass is 275 g/mol. The van der Waals surface area contributed by atoms with Crippen molar-refractivity contribution in [1.29, 1.82) is 0 Å². The summed E-state index contributed by atoms with van der Waals surface area (Å²) in [5.41, 5.74) is 1.29. The van der Waals surface area contributed by atoms with Crippen molar-refractivity contribution in [3.63, 3.8) is 0 Å². The number of carboxylic acids is 2. The number of aliphatic carboxylic acids is 1. The molecule has 0 saturated carbocycles. The number of anilines is 1. The molecule has 0 saturated heterocycles. The van der Waals surface area contributed by atoms with Crippen LogP contribution in [-0.2, 0) is 4.79 Å². The maximum Gasteiger partial charge on any atom is 0.335 e. The fraction of sp³-hybridized carbons (Fsp3) is 0.0909. The number of aromatic carboxylic acids is 1. The Morgan fingerprint density at radius 3 is 2.80 bits per heavy atom. The van der Waals surface area contributed by atoms with Crippen molar-refractivity contribution in [2.75, 3.05) is 11.9 Å². The summed E-state index contributed by atoms with van der Waals surface area (Å²) >= 11 is 0. The third kappa shape index (κ3) is 1.90. The third-order valence-corrected chi connectivity index (χ3v) is 2.72. The SMILES string of the molecule is O=C(O)CNc1nc2nc3cc(C(=O)O)ccc3n2[nH]1. The van der Waals surface area contributed by atoms with Gasteiger partial charge < -0.3 is 15.5 Å². The van der Waals surface area contributed by atoms with E-state index < -0.39 is 11.9 Å². The van der Waals surface area contributed by atoms with E-state index in [0.717, 1.165) is 0 Å². The second-order valence-electron chi connectivity index (χ2n) is 4.08. The summed E-state index contributed by atoms with van der Waals surface area (Å²) in [6.07, 6.45) is 0. The number of nitrogens with zero attached hydrogens (tertiary/aromatic N) is 3. The minimum absolute atomic E-state index is 0.141. The lowest BCUT2D eigenvalue weighted by Gasteiger charge is -1.97. The molecule has 0 fully saturated rings. The molecule has 0 spiro atoms. The molecule has 0 aliphatic rings. The Bertz CT molecular complexity index is 834.